The monoisotopic (exact) mass is 302 g/mol. The maximum absolute atomic E-state index is 12.8. The van der Waals surface area contributed by atoms with Crippen molar-refractivity contribution in [1.29, 1.82) is 0 Å². The summed E-state index contributed by atoms with van der Waals surface area (Å²) in [4.78, 5) is 15.1. The summed E-state index contributed by atoms with van der Waals surface area (Å²) in [5.41, 5.74) is 1.71. The van der Waals surface area contributed by atoms with Crippen LogP contribution in [0.2, 0.25) is 0 Å². The minimum atomic E-state index is -0.0781. The topological polar surface area (TPSA) is 41.6 Å². The first-order valence-electron chi connectivity index (χ1n) is 8.43. The minimum absolute atomic E-state index is 0.0781. The number of carbonyl (C=O) groups excluding carboxylic acids is 1. The Labute approximate surface area is 132 Å². The van der Waals surface area contributed by atoms with E-state index in [4.69, 9.17) is 4.74 Å². The number of ether oxygens (including phenoxy) is 1. The molecule has 0 radical (unpaired) electrons. The van der Waals surface area contributed by atoms with Gasteiger partial charge in [-0.25, -0.2) is 0 Å². The summed E-state index contributed by atoms with van der Waals surface area (Å²) in [5.74, 6) is 1.04. The van der Waals surface area contributed by atoms with Crippen molar-refractivity contribution in [3.05, 3.63) is 23.8 Å². The number of rotatable bonds is 4. The Morgan fingerprint density at radius 1 is 1.32 bits per heavy atom. The number of nitrogens with one attached hydrogen (secondary N) is 1. The molecule has 0 bridgehead atoms. The van der Waals surface area contributed by atoms with Gasteiger partial charge in [0.1, 0.15) is 12.4 Å². The Morgan fingerprint density at radius 3 is 2.86 bits per heavy atom. The minimum Gasteiger partial charge on any atom is -0.490 e. The second kappa shape index (κ2) is 6.69. The molecule has 1 saturated carbocycles. The van der Waals surface area contributed by atoms with Crippen LogP contribution in [0.3, 0.4) is 0 Å². The number of likely N-dealkylation sites (N-methyl/N-ethyl adjacent to an activating group) is 1. The van der Waals surface area contributed by atoms with Crippen LogP contribution in [0.4, 0.5) is 5.69 Å². The molecule has 1 N–H and O–H groups in total. The van der Waals surface area contributed by atoms with Crippen LogP contribution in [0.1, 0.15) is 49.4 Å². The van der Waals surface area contributed by atoms with Gasteiger partial charge in [-0.1, -0.05) is 19.3 Å². The summed E-state index contributed by atoms with van der Waals surface area (Å²) in [7, 11) is 2.10. The molecular weight excluding hydrogens is 276 g/mol. The van der Waals surface area contributed by atoms with Crippen LogP contribution in [0.25, 0.3) is 0 Å². The number of carbonyl (C=O) groups is 1. The molecule has 1 atom stereocenters. The number of hydrogen-bond donors (Lipinski definition) is 1. The van der Waals surface area contributed by atoms with Crippen molar-refractivity contribution in [2.24, 2.45) is 0 Å². The number of anilines is 1. The van der Waals surface area contributed by atoms with Gasteiger partial charge in [0.15, 0.2) is 5.78 Å². The molecule has 120 valence electrons. The lowest BCUT2D eigenvalue weighted by molar-refractivity contribution is 0.0778. The van der Waals surface area contributed by atoms with Gasteiger partial charge in [0.25, 0.3) is 0 Å². The first-order chi connectivity index (χ1) is 10.7. The number of nitrogens with zero attached hydrogens (tertiary/aromatic N) is 1. The molecule has 1 fully saturated rings. The Bertz CT molecular complexity index is 538. The zero-order chi connectivity index (χ0) is 15.5. The normalized spacial score (nSPS) is 20.0. The average Bonchev–Trinajstić information content (AvgIpc) is 2.60. The van der Waals surface area contributed by atoms with Crippen molar-refractivity contribution in [1.82, 2.24) is 4.90 Å². The van der Waals surface area contributed by atoms with Gasteiger partial charge < -0.3 is 10.1 Å². The van der Waals surface area contributed by atoms with E-state index in [-0.39, 0.29) is 11.8 Å². The number of fused-ring (bicyclic) bond motifs is 1. The van der Waals surface area contributed by atoms with Gasteiger partial charge in [-0.2, -0.15) is 0 Å². The highest BCUT2D eigenvalue weighted by molar-refractivity contribution is 6.01. The van der Waals surface area contributed by atoms with Crippen LogP contribution in [0.5, 0.6) is 5.75 Å². The third-order valence-electron chi connectivity index (χ3n) is 5.08. The maximum atomic E-state index is 12.8. The lowest BCUT2D eigenvalue weighted by Gasteiger charge is -2.35. The number of hydrogen-bond acceptors (Lipinski definition) is 4. The molecule has 22 heavy (non-hydrogen) atoms. The van der Waals surface area contributed by atoms with E-state index in [1.165, 1.54) is 32.1 Å². The van der Waals surface area contributed by atoms with Gasteiger partial charge >= 0.3 is 0 Å². The molecule has 1 aliphatic heterocycles. The van der Waals surface area contributed by atoms with Crippen molar-refractivity contribution in [3.63, 3.8) is 0 Å². The van der Waals surface area contributed by atoms with Gasteiger partial charge in [0.05, 0.1) is 11.7 Å². The van der Waals surface area contributed by atoms with E-state index in [0.717, 1.165) is 23.5 Å². The Kier molecular flexibility index (Phi) is 4.67. The number of benzene rings is 1. The van der Waals surface area contributed by atoms with Crippen molar-refractivity contribution in [3.8, 4) is 5.75 Å². The molecule has 1 aliphatic carbocycles. The highest BCUT2D eigenvalue weighted by atomic mass is 16.5. The van der Waals surface area contributed by atoms with Crippen molar-refractivity contribution in [2.75, 3.05) is 25.5 Å². The summed E-state index contributed by atoms with van der Waals surface area (Å²) in [5, 5.41) is 3.30. The molecule has 0 aromatic heterocycles. The van der Waals surface area contributed by atoms with Crippen molar-refractivity contribution in [2.45, 2.75) is 51.1 Å². The van der Waals surface area contributed by atoms with Crippen LogP contribution >= 0.6 is 0 Å². The zero-order valence-corrected chi connectivity index (χ0v) is 13.6. The van der Waals surface area contributed by atoms with Gasteiger partial charge in [-0.15, -0.1) is 0 Å². The fraction of sp³-hybridized carbons (Fsp3) is 0.611. The summed E-state index contributed by atoms with van der Waals surface area (Å²) in [6.45, 7) is 3.50. The van der Waals surface area contributed by atoms with E-state index in [0.29, 0.717) is 12.6 Å². The van der Waals surface area contributed by atoms with Crippen LogP contribution in [-0.2, 0) is 0 Å². The molecule has 4 heteroatoms. The molecular formula is C18H26N2O2. The SMILES string of the molecule is CC(C(=O)c1ccc2c(c1)NCCO2)N(C)C1CCCCC1. The fourth-order valence-corrected chi connectivity index (χ4v) is 3.52. The van der Waals surface area contributed by atoms with E-state index < -0.39 is 0 Å². The number of Topliss-reactive ketones (excluding diaryl/α,β-unsaturated/α-hetero) is 1. The number of ketones is 1. The van der Waals surface area contributed by atoms with Crippen LogP contribution < -0.4 is 10.1 Å². The Hall–Kier alpha value is -1.55. The third kappa shape index (κ3) is 3.12. The van der Waals surface area contributed by atoms with Gasteiger partial charge in [-0.3, -0.25) is 9.69 Å². The molecule has 3 rings (SSSR count). The smallest absolute Gasteiger partial charge is 0.179 e. The zero-order valence-electron chi connectivity index (χ0n) is 13.6. The predicted octanol–water partition coefficient (Wildman–Crippen LogP) is 3.33. The average molecular weight is 302 g/mol. The molecule has 0 amide bonds. The van der Waals surface area contributed by atoms with E-state index in [1.54, 1.807) is 0 Å². The Balaban J connectivity index is 1.72. The molecule has 1 aromatic rings. The lowest BCUT2D eigenvalue weighted by atomic mass is 9.92. The summed E-state index contributed by atoms with van der Waals surface area (Å²) in [6, 6.07) is 6.20. The quantitative estimate of drug-likeness (QED) is 0.866. The van der Waals surface area contributed by atoms with Crippen molar-refractivity contribution >= 4 is 11.5 Å². The molecule has 1 aromatic carbocycles. The molecule has 4 nitrogen and oxygen atoms in total. The van der Waals surface area contributed by atoms with E-state index in [1.807, 2.05) is 25.1 Å². The summed E-state index contributed by atoms with van der Waals surface area (Å²) >= 11 is 0. The first-order valence-corrected chi connectivity index (χ1v) is 8.43. The highest BCUT2D eigenvalue weighted by Gasteiger charge is 2.27. The third-order valence-corrected chi connectivity index (χ3v) is 5.08. The van der Waals surface area contributed by atoms with E-state index in [9.17, 15) is 4.79 Å². The van der Waals surface area contributed by atoms with Crippen LogP contribution in [0.15, 0.2) is 18.2 Å². The molecule has 1 heterocycles. The second-order valence-electron chi connectivity index (χ2n) is 6.48. The van der Waals surface area contributed by atoms with Crippen molar-refractivity contribution < 1.29 is 9.53 Å². The first kappa shape index (κ1) is 15.3. The second-order valence-corrected chi connectivity index (χ2v) is 6.48. The lowest BCUT2D eigenvalue weighted by Crippen LogP contribution is -2.43. The largest absolute Gasteiger partial charge is 0.490 e. The van der Waals surface area contributed by atoms with Crippen LogP contribution in [-0.4, -0.2) is 43.0 Å². The van der Waals surface area contributed by atoms with Crippen LogP contribution in [0, 0.1) is 0 Å². The van der Waals surface area contributed by atoms with Gasteiger partial charge in [-0.05, 0) is 45.0 Å². The molecule has 0 saturated heterocycles. The molecule has 0 spiro atoms. The van der Waals surface area contributed by atoms with E-state index >= 15 is 0 Å². The summed E-state index contributed by atoms with van der Waals surface area (Å²) in [6.07, 6.45) is 6.34. The fourth-order valence-electron chi connectivity index (χ4n) is 3.52. The van der Waals surface area contributed by atoms with Gasteiger partial charge in [0.2, 0.25) is 0 Å². The maximum Gasteiger partial charge on any atom is 0.179 e. The predicted molar refractivity (Wildman–Crippen MR) is 88.9 cm³/mol. The molecule has 1 unspecified atom stereocenters. The van der Waals surface area contributed by atoms with Gasteiger partial charge in [0, 0.05) is 18.2 Å². The standard InChI is InChI=1S/C18H26N2O2/c1-13(20(2)15-6-4-3-5-7-15)18(21)14-8-9-17-16(12-14)19-10-11-22-17/h8-9,12-13,15,19H,3-7,10-11H2,1-2H3. The molecule has 2 aliphatic rings. The Morgan fingerprint density at radius 2 is 2.09 bits per heavy atom. The highest BCUT2D eigenvalue weighted by Crippen LogP contribution is 2.29. The summed E-state index contributed by atoms with van der Waals surface area (Å²) < 4.78 is 5.58. The van der Waals surface area contributed by atoms with E-state index in [2.05, 4.69) is 17.3 Å².